The first-order chi connectivity index (χ1) is 24.0. The smallest absolute Gasteiger partial charge is 0.344 e. The highest BCUT2D eigenvalue weighted by atomic mass is 35.5. The summed E-state index contributed by atoms with van der Waals surface area (Å²) in [5.41, 5.74) is 0.186. The number of methoxy groups -OCH3 is 1. The Morgan fingerprint density at radius 1 is 1.10 bits per heavy atom. The summed E-state index contributed by atoms with van der Waals surface area (Å²) in [6.45, 7) is 4.22. The molecule has 0 spiro atoms. The monoisotopic (exact) mass is 729 g/mol. The number of hydrogen-bond donors (Lipinski definition) is 6. The summed E-state index contributed by atoms with van der Waals surface area (Å²) in [6, 6.07) is 7.45. The van der Waals surface area contributed by atoms with E-state index in [2.05, 4.69) is 30.8 Å². The lowest BCUT2D eigenvalue weighted by atomic mass is 9.96. The summed E-state index contributed by atoms with van der Waals surface area (Å²) in [5.74, 6) is -4.58. The predicted octanol–water partition coefficient (Wildman–Crippen LogP) is 2.73. The van der Waals surface area contributed by atoms with Crippen LogP contribution < -0.4 is 25.6 Å². The first-order valence-corrected chi connectivity index (χ1v) is 16.0. The van der Waals surface area contributed by atoms with Gasteiger partial charge in [0, 0.05) is 42.6 Å². The SMILES string of the molecule is COc1cc(N2CCC(N(C)C)C2)c(NC(=O)/C2=C/OC(=O)C(O)C(O)C(=O)O2)cc1Nc1nccc(Nc2cc(Cl)c(F)cc2C(C)(C)O)n1. The van der Waals surface area contributed by atoms with Crippen molar-refractivity contribution < 1.29 is 48.3 Å². The maximum absolute atomic E-state index is 14.3. The molecule has 1 fully saturated rings. The number of hydrogen-bond acceptors (Lipinski definition) is 15. The maximum Gasteiger partial charge on any atom is 0.344 e. The molecule has 18 heteroatoms. The van der Waals surface area contributed by atoms with Crippen LogP contribution in [0.15, 0.2) is 48.5 Å². The van der Waals surface area contributed by atoms with E-state index in [-0.39, 0.29) is 34.1 Å². The van der Waals surface area contributed by atoms with Gasteiger partial charge in [-0.15, -0.1) is 0 Å². The van der Waals surface area contributed by atoms with Crippen molar-refractivity contribution in [1.29, 1.82) is 0 Å². The van der Waals surface area contributed by atoms with Gasteiger partial charge in [-0.3, -0.25) is 4.79 Å². The molecule has 2 aromatic carbocycles. The molecule has 0 aliphatic carbocycles. The van der Waals surface area contributed by atoms with Gasteiger partial charge in [0.15, 0.2) is 12.2 Å². The number of rotatable bonds is 10. The first-order valence-electron chi connectivity index (χ1n) is 15.6. The number of anilines is 6. The normalized spacial score (nSPS) is 20.5. The van der Waals surface area contributed by atoms with Crippen LogP contribution in [0.25, 0.3) is 0 Å². The van der Waals surface area contributed by atoms with E-state index >= 15 is 0 Å². The van der Waals surface area contributed by atoms with Crippen LogP contribution in [0.3, 0.4) is 0 Å². The minimum absolute atomic E-state index is 0.0753. The van der Waals surface area contributed by atoms with Gasteiger partial charge in [-0.2, -0.15) is 4.98 Å². The summed E-state index contributed by atoms with van der Waals surface area (Å²) in [7, 11) is 5.38. The molecule has 6 N–H and O–H groups in total. The molecule has 2 aliphatic rings. The zero-order chi connectivity index (χ0) is 37.2. The number of aromatic nitrogens is 2. The van der Waals surface area contributed by atoms with Gasteiger partial charge in [0.25, 0.3) is 5.91 Å². The molecule has 3 unspecified atom stereocenters. The highest BCUT2D eigenvalue weighted by molar-refractivity contribution is 6.31. The fourth-order valence-electron chi connectivity index (χ4n) is 5.40. The van der Waals surface area contributed by atoms with E-state index in [1.54, 1.807) is 18.2 Å². The summed E-state index contributed by atoms with van der Waals surface area (Å²) < 4.78 is 29.7. The Bertz CT molecular complexity index is 1870. The Labute approximate surface area is 296 Å². The van der Waals surface area contributed by atoms with E-state index in [1.807, 2.05) is 19.0 Å². The van der Waals surface area contributed by atoms with Gasteiger partial charge in [-0.1, -0.05) is 11.6 Å². The molecule has 5 rings (SSSR count). The van der Waals surface area contributed by atoms with Gasteiger partial charge in [-0.05, 0) is 58.6 Å². The second-order valence-corrected chi connectivity index (χ2v) is 12.9. The number of aliphatic hydroxyl groups excluding tert-OH is 2. The highest BCUT2D eigenvalue weighted by Crippen LogP contribution is 2.40. The van der Waals surface area contributed by atoms with Crippen LogP contribution in [-0.4, -0.2) is 101 Å². The summed E-state index contributed by atoms with van der Waals surface area (Å²) >= 11 is 6.04. The van der Waals surface area contributed by atoms with Gasteiger partial charge in [-0.25, -0.2) is 19.0 Å². The summed E-state index contributed by atoms with van der Waals surface area (Å²) in [6.07, 6.45) is -1.64. The van der Waals surface area contributed by atoms with Crippen molar-refractivity contribution in [3.8, 4) is 5.75 Å². The number of carbonyl (C=O) groups excluding carboxylic acids is 3. The van der Waals surface area contributed by atoms with Crippen molar-refractivity contribution in [3.63, 3.8) is 0 Å². The number of amides is 1. The highest BCUT2D eigenvalue weighted by Gasteiger charge is 2.37. The van der Waals surface area contributed by atoms with Crippen molar-refractivity contribution in [1.82, 2.24) is 14.9 Å². The minimum Gasteiger partial charge on any atom is -0.494 e. The third-order valence-electron chi connectivity index (χ3n) is 8.18. The zero-order valence-corrected chi connectivity index (χ0v) is 29.0. The van der Waals surface area contributed by atoms with Crippen LogP contribution in [0.5, 0.6) is 5.75 Å². The molecular formula is C33H37ClFN7O9. The number of aliphatic hydroxyl groups is 3. The summed E-state index contributed by atoms with van der Waals surface area (Å²) in [4.78, 5) is 50.6. The molecule has 1 saturated heterocycles. The fraction of sp³-hybridized carbons (Fsp3) is 0.364. The number of esters is 2. The zero-order valence-electron chi connectivity index (χ0n) is 28.2. The van der Waals surface area contributed by atoms with Gasteiger partial charge < -0.3 is 55.3 Å². The average Bonchev–Trinajstić information content (AvgIpc) is 3.57. The number of cyclic esters (lactones) is 2. The minimum atomic E-state index is -2.28. The molecule has 272 valence electrons. The van der Waals surface area contributed by atoms with Gasteiger partial charge >= 0.3 is 11.9 Å². The van der Waals surface area contributed by atoms with E-state index in [4.69, 9.17) is 25.8 Å². The molecule has 0 bridgehead atoms. The third-order valence-corrected chi connectivity index (χ3v) is 8.47. The van der Waals surface area contributed by atoms with E-state index in [1.165, 1.54) is 33.2 Å². The topological polar surface area (TPSA) is 208 Å². The van der Waals surface area contributed by atoms with Crippen LogP contribution >= 0.6 is 11.6 Å². The Morgan fingerprint density at radius 3 is 2.49 bits per heavy atom. The quantitative estimate of drug-likeness (QED) is 0.166. The Morgan fingerprint density at radius 2 is 1.82 bits per heavy atom. The molecule has 2 aliphatic heterocycles. The average molecular weight is 730 g/mol. The van der Waals surface area contributed by atoms with E-state index < -0.39 is 47.2 Å². The molecule has 3 heterocycles. The van der Waals surface area contributed by atoms with Crippen molar-refractivity contribution in [2.75, 3.05) is 55.1 Å². The Kier molecular flexibility index (Phi) is 11.0. The van der Waals surface area contributed by atoms with E-state index in [0.717, 1.165) is 12.5 Å². The number of carbonyl (C=O) groups is 3. The first kappa shape index (κ1) is 37.2. The lowest BCUT2D eigenvalue weighted by Crippen LogP contribution is -2.43. The van der Waals surface area contributed by atoms with Crippen molar-refractivity contribution >= 4 is 64.0 Å². The van der Waals surface area contributed by atoms with E-state index in [9.17, 15) is 34.1 Å². The number of nitrogens with zero attached hydrogens (tertiary/aromatic N) is 4. The second kappa shape index (κ2) is 15.0. The molecule has 0 saturated carbocycles. The van der Waals surface area contributed by atoms with Crippen LogP contribution in [0.4, 0.5) is 38.9 Å². The van der Waals surface area contributed by atoms with Gasteiger partial charge in [0.2, 0.25) is 11.7 Å². The molecule has 0 radical (unpaired) electrons. The number of ether oxygens (including phenoxy) is 3. The fourth-order valence-corrected chi connectivity index (χ4v) is 5.56. The second-order valence-electron chi connectivity index (χ2n) is 12.5. The van der Waals surface area contributed by atoms with Crippen molar-refractivity contribution in [2.45, 2.75) is 44.1 Å². The molecule has 51 heavy (non-hydrogen) atoms. The molecule has 1 amide bonds. The lowest BCUT2D eigenvalue weighted by molar-refractivity contribution is -0.171. The molecular weight excluding hydrogens is 693 g/mol. The van der Waals surface area contributed by atoms with Gasteiger partial charge in [0.05, 0.1) is 34.8 Å². The number of benzene rings is 2. The van der Waals surface area contributed by atoms with Crippen LogP contribution in [0.2, 0.25) is 5.02 Å². The predicted molar refractivity (Wildman–Crippen MR) is 183 cm³/mol. The van der Waals surface area contributed by atoms with Crippen LogP contribution in [0, 0.1) is 5.82 Å². The number of likely N-dealkylation sites (N-methyl/N-ethyl adjacent to an activating group) is 1. The van der Waals surface area contributed by atoms with Crippen molar-refractivity contribution in [2.24, 2.45) is 0 Å². The molecule has 16 nitrogen and oxygen atoms in total. The largest absolute Gasteiger partial charge is 0.494 e. The lowest BCUT2D eigenvalue weighted by Gasteiger charge is -2.26. The van der Waals surface area contributed by atoms with Crippen LogP contribution in [0.1, 0.15) is 25.8 Å². The van der Waals surface area contributed by atoms with Gasteiger partial charge in [0.1, 0.15) is 23.6 Å². The third kappa shape index (κ3) is 8.46. The number of halogens is 2. The summed E-state index contributed by atoms with van der Waals surface area (Å²) in [5, 5.41) is 38.9. The number of nitrogens with one attached hydrogen (secondary N) is 3. The maximum atomic E-state index is 14.3. The van der Waals surface area contributed by atoms with E-state index in [0.29, 0.717) is 42.2 Å². The Balaban J connectivity index is 1.49. The van der Waals surface area contributed by atoms with Crippen LogP contribution in [-0.2, 0) is 29.5 Å². The van der Waals surface area contributed by atoms with Crippen molar-refractivity contribution in [3.05, 3.63) is 65.0 Å². The molecule has 1 aromatic heterocycles. The standard InChI is InChI=1S/C33H37ClFN7O9/c1-33(2,48)17-10-19(35)18(34)11-20(17)37-26-6-8-36-32(40-26)39-22-12-21(23(13-24(22)49-5)42-9-7-16(14-42)41(3)4)38-29(45)25-15-50-30(46)27(43)28(44)31(47)51-25/h6,8,10-13,15-16,27-28,43-44,48H,7,9,14H2,1-5H3,(H,38,45)(H2,36,37,39,40)/b25-15-. The molecule has 3 aromatic rings. The molecule has 3 atom stereocenters. The Hall–Kier alpha value is -5.07.